The van der Waals surface area contributed by atoms with Gasteiger partial charge in [0.05, 0.1) is 12.9 Å². The fraction of sp³-hybridized carbons (Fsp3) is 0.167. The van der Waals surface area contributed by atoms with Crippen molar-refractivity contribution in [2.75, 3.05) is 0 Å². The molecule has 0 radical (unpaired) electrons. The van der Waals surface area contributed by atoms with Gasteiger partial charge >= 0.3 is 0 Å². The molecule has 23 heavy (non-hydrogen) atoms. The second kappa shape index (κ2) is 6.75. The van der Waals surface area contributed by atoms with Crippen molar-refractivity contribution in [3.63, 3.8) is 0 Å². The van der Waals surface area contributed by atoms with Crippen LogP contribution in [0.4, 0.5) is 0 Å². The van der Waals surface area contributed by atoms with E-state index in [1.807, 2.05) is 41.1 Å². The van der Waals surface area contributed by atoms with Gasteiger partial charge in [0.15, 0.2) is 0 Å². The summed E-state index contributed by atoms with van der Waals surface area (Å²) in [7, 11) is 0. The van der Waals surface area contributed by atoms with Gasteiger partial charge in [0.2, 0.25) is 0 Å². The summed E-state index contributed by atoms with van der Waals surface area (Å²) in [5, 5.41) is 12.4. The molecule has 0 aliphatic carbocycles. The third-order valence-electron chi connectivity index (χ3n) is 3.78. The number of imidazole rings is 1. The Morgan fingerprint density at radius 3 is 2.52 bits per heavy atom. The molecule has 1 N–H and O–H groups in total. The molecule has 1 heterocycles. The molecule has 5 heteroatoms. The van der Waals surface area contributed by atoms with Gasteiger partial charge in [-0.2, -0.15) is 0 Å². The Kier molecular flexibility index (Phi) is 4.71. The smallest absolute Gasteiger partial charge is 0.113 e. The van der Waals surface area contributed by atoms with Crippen LogP contribution >= 0.6 is 23.2 Å². The fourth-order valence-corrected chi connectivity index (χ4v) is 3.30. The lowest BCUT2D eigenvalue weighted by Gasteiger charge is -2.30. The second-order valence-electron chi connectivity index (χ2n) is 5.55. The summed E-state index contributed by atoms with van der Waals surface area (Å²) in [5.74, 6) is 0. The van der Waals surface area contributed by atoms with Crippen LogP contribution in [0.15, 0.2) is 67.3 Å². The molecule has 0 saturated carbocycles. The molecule has 1 atom stereocenters. The highest BCUT2D eigenvalue weighted by molar-refractivity contribution is 6.35. The third-order valence-corrected chi connectivity index (χ3v) is 4.32. The Balaban J connectivity index is 2.01. The number of aromatic nitrogens is 2. The summed E-state index contributed by atoms with van der Waals surface area (Å²) >= 11 is 12.3. The van der Waals surface area contributed by atoms with Crippen molar-refractivity contribution in [1.29, 1.82) is 0 Å². The molecule has 2 aromatic carbocycles. The molecular formula is C18H16Cl2N2O. The summed E-state index contributed by atoms with van der Waals surface area (Å²) in [6, 6.07) is 15.0. The Hall–Kier alpha value is -1.81. The highest BCUT2D eigenvalue weighted by atomic mass is 35.5. The number of benzene rings is 2. The van der Waals surface area contributed by atoms with Crippen molar-refractivity contribution in [3.8, 4) is 0 Å². The van der Waals surface area contributed by atoms with E-state index in [4.69, 9.17) is 23.2 Å². The molecule has 0 aliphatic heterocycles. The molecule has 0 fully saturated rings. The molecule has 3 aromatic rings. The maximum absolute atomic E-state index is 11.4. The number of rotatable bonds is 5. The molecule has 3 rings (SSSR count). The lowest BCUT2D eigenvalue weighted by Crippen LogP contribution is -2.34. The van der Waals surface area contributed by atoms with E-state index in [0.29, 0.717) is 28.6 Å². The minimum absolute atomic E-state index is 0.350. The summed E-state index contributed by atoms with van der Waals surface area (Å²) in [6.45, 7) is 0.350. The van der Waals surface area contributed by atoms with Crippen LogP contribution in [0.3, 0.4) is 0 Å². The number of hydrogen-bond donors (Lipinski definition) is 1. The Morgan fingerprint density at radius 2 is 1.87 bits per heavy atom. The molecule has 0 bridgehead atoms. The standard InChI is InChI=1S/C18H16Cl2N2O/c19-15-6-7-16(17(20)10-15)18(23,12-22-9-8-21-13-22)11-14-4-2-1-3-5-14/h1-10,13,23H,11-12H2. The first-order valence-corrected chi connectivity index (χ1v) is 8.00. The van der Waals surface area contributed by atoms with Crippen LogP contribution in [0.25, 0.3) is 0 Å². The predicted molar refractivity (Wildman–Crippen MR) is 92.7 cm³/mol. The van der Waals surface area contributed by atoms with Crippen LogP contribution in [0.1, 0.15) is 11.1 Å². The van der Waals surface area contributed by atoms with Crippen molar-refractivity contribution in [2.45, 2.75) is 18.6 Å². The zero-order chi connectivity index (χ0) is 16.3. The average molecular weight is 347 g/mol. The minimum atomic E-state index is -1.16. The first-order valence-electron chi connectivity index (χ1n) is 7.24. The van der Waals surface area contributed by atoms with E-state index >= 15 is 0 Å². The molecule has 1 aromatic heterocycles. The molecule has 3 nitrogen and oxygen atoms in total. The van der Waals surface area contributed by atoms with Crippen LogP contribution < -0.4 is 0 Å². The van der Waals surface area contributed by atoms with Crippen molar-refractivity contribution in [2.24, 2.45) is 0 Å². The molecule has 1 unspecified atom stereocenters. The van der Waals surface area contributed by atoms with E-state index in [1.165, 1.54) is 0 Å². The van der Waals surface area contributed by atoms with Crippen LogP contribution in [0, 0.1) is 0 Å². The summed E-state index contributed by atoms with van der Waals surface area (Å²) in [5.41, 5.74) is 0.520. The number of aliphatic hydroxyl groups is 1. The van der Waals surface area contributed by atoms with E-state index in [0.717, 1.165) is 5.56 Å². The van der Waals surface area contributed by atoms with Crippen LogP contribution in [-0.4, -0.2) is 14.7 Å². The SMILES string of the molecule is OC(Cc1ccccc1)(Cn1ccnc1)c1ccc(Cl)cc1Cl. The van der Waals surface area contributed by atoms with Crippen LogP contribution in [0.5, 0.6) is 0 Å². The average Bonchev–Trinajstić information content (AvgIpc) is 3.00. The molecule has 0 aliphatic rings. The van der Waals surface area contributed by atoms with Gasteiger partial charge in [-0.05, 0) is 17.7 Å². The van der Waals surface area contributed by atoms with E-state index in [-0.39, 0.29) is 0 Å². The van der Waals surface area contributed by atoms with E-state index in [2.05, 4.69) is 4.98 Å². The molecular weight excluding hydrogens is 331 g/mol. The Bertz CT molecular complexity index is 775. The summed E-state index contributed by atoms with van der Waals surface area (Å²) < 4.78 is 1.84. The van der Waals surface area contributed by atoms with Crippen molar-refractivity contribution in [3.05, 3.63) is 88.4 Å². The molecule has 0 amide bonds. The number of hydrogen-bond acceptors (Lipinski definition) is 2. The zero-order valence-corrected chi connectivity index (χ0v) is 13.9. The molecule has 0 spiro atoms. The minimum Gasteiger partial charge on any atom is -0.383 e. The van der Waals surface area contributed by atoms with Crippen molar-refractivity contribution < 1.29 is 5.11 Å². The largest absolute Gasteiger partial charge is 0.383 e. The lowest BCUT2D eigenvalue weighted by molar-refractivity contribution is 0.0186. The van der Waals surface area contributed by atoms with Crippen LogP contribution in [0.2, 0.25) is 10.0 Å². The van der Waals surface area contributed by atoms with Crippen molar-refractivity contribution in [1.82, 2.24) is 9.55 Å². The maximum atomic E-state index is 11.4. The van der Waals surface area contributed by atoms with Gasteiger partial charge in [0.1, 0.15) is 5.60 Å². The first-order chi connectivity index (χ1) is 11.1. The van der Waals surface area contributed by atoms with E-state index in [9.17, 15) is 5.11 Å². The van der Waals surface area contributed by atoms with Gasteiger partial charge in [-0.15, -0.1) is 0 Å². The zero-order valence-electron chi connectivity index (χ0n) is 12.4. The highest BCUT2D eigenvalue weighted by Gasteiger charge is 2.32. The van der Waals surface area contributed by atoms with Gasteiger partial charge in [-0.1, -0.05) is 59.6 Å². The molecule has 118 valence electrons. The second-order valence-corrected chi connectivity index (χ2v) is 6.40. The summed E-state index contributed by atoms with van der Waals surface area (Å²) in [4.78, 5) is 4.04. The predicted octanol–water partition coefficient (Wildman–Crippen LogP) is 4.32. The van der Waals surface area contributed by atoms with E-state index < -0.39 is 5.60 Å². The first kappa shape index (κ1) is 16.1. The monoisotopic (exact) mass is 346 g/mol. The fourth-order valence-electron chi connectivity index (χ4n) is 2.72. The van der Waals surface area contributed by atoms with Gasteiger partial charge in [0.25, 0.3) is 0 Å². The topological polar surface area (TPSA) is 38.0 Å². The van der Waals surface area contributed by atoms with Crippen molar-refractivity contribution >= 4 is 23.2 Å². The third kappa shape index (κ3) is 3.75. The normalized spacial score (nSPS) is 13.7. The highest BCUT2D eigenvalue weighted by Crippen LogP contribution is 2.34. The Labute approximate surface area is 145 Å². The molecule has 0 saturated heterocycles. The van der Waals surface area contributed by atoms with Crippen LogP contribution in [-0.2, 0) is 18.6 Å². The summed E-state index contributed by atoms with van der Waals surface area (Å²) in [6.07, 6.45) is 5.62. The van der Waals surface area contributed by atoms with E-state index in [1.54, 1.807) is 30.7 Å². The van der Waals surface area contributed by atoms with Gasteiger partial charge in [-0.25, -0.2) is 4.98 Å². The van der Waals surface area contributed by atoms with Gasteiger partial charge in [0, 0.05) is 34.4 Å². The maximum Gasteiger partial charge on any atom is 0.113 e. The quantitative estimate of drug-likeness (QED) is 0.746. The number of nitrogens with zero attached hydrogens (tertiary/aromatic N) is 2. The lowest BCUT2D eigenvalue weighted by atomic mass is 9.87. The Morgan fingerprint density at radius 1 is 1.09 bits per heavy atom. The van der Waals surface area contributed by atoms with Gasteiger partial charge < -0.3 is 9.67 Å². The number of halogens is 2. The van der Waals surface area contributed by atoms with Gasteiger partial charge in [-0.3, -0.25) is 0 Å².